The number of carbonyl (C=O) groups is 1. The fourth-order valence-corrected chi connectivity index (χ4v) is 4.22. The number of nitrogens with zero attached hydrogens (tertiary/aromatic N) is 4. The highest BCUT2D eigenvalue weighted by Crippen LogP contribution is 2.29. The van der Waals surface area contributed by atoms with Gasteiger partial charge in [0, 0.05) is 32.8 Å². The van der Waals surface area contributed by atoms with Gasteiger partial charge in [-0.05, 0) is 50.2 Å². The highest BCUT2D eigenvalue weighted by atomic mass is 79.9. The highest BCUT2D eigenvalue weighted by molar-refractivity contribution is 9.10. The third-order valence-corrected chi connectivity index (χ3v) is 6.24. The minimum Gasteiger partial charge on any atom is -0.321 e. The summed E-state index contributed by atoms with van der Waals surface area (Å²) in [6.07, 6.45) is 1.62. The first-order valence-electron chi connectivity index (χ1n) is 9.67. The van der Waals surface area contributed by atoms with Gasteiger partial charge in [0.15, 0.2) is 0 Å². The van der Waals surface area contributed by atoms with Gasteiger partial charge in [-0.15, -0.1) is 11.8 Å². The van der Waals surface area contributed by atoms with Crippen molar-refractivity contribution in [3.8, 4) is 0 Å². The Morgan fingerprint density at radius 1 is 1.16 bits per heavy atom. The number of hydrogen-bond acceptors (Lipinski definition) is 5. The van der Waals surface area contributed by atoms with E-state index in [2.05, 4.69) is 31.2 Å². The molecule has 31 heavy (non-hydrogen) atoms. The molecule has 2 heterocycles. The molecule has 1 amide bonds. The van der Waals surface area contributed by atoms with Crippen LogP contribution in [0.4, 0.5) is 5.69 Å². The number of benzene rings is 2. The first-order valence-corrected chi connectivity index (χ1v) is 11.4. The van der Waals surface area contributed by atoms with Crippen molar-refractivity contribution in [3.05, 3.63) is 87.0 Å². The monoisotopic (exact) mass is 497 g/mol. The van der Waals surface area contributed by atoms with Gasteiger partial charge in [-0.1, -0.05) is 28.1 Å². The third kappa shape index (κ3) is 4.72. The molecule has 4 rings (SSSR count). The largest absolute Gasteiger partial charge is 0.321 e. The number of nitrogens with one attached hydrogen (secondary N) is 1. The number of hydrogen-bond donors (Lipinski definition) is 1. The summed E-state index contributed by atoms with van der Waals surface area (Å²) in [6, 6.07) is 16.4. The van der Waals surface area contributed by atoms with Crippen LogP contribution in [0.1, 0.15) is 35.9 Å². The van der Waals surface area contributed by atoms with Crippen LogP contribution in [0.15, 0.2) is 75.1 Å². The maximum Gasteiger partial charge on any atom is 0.274 e. The molecular weight excluding hydrogens is 478 g/mol. The molecular formula is C22H20BrN5O2S. The Morgan fingerprint density at radius 2 is 1.90 bits per heavy atom. The number of rotatable bonds is 6. The summed E-state index contributed by atoms with van der Waals surface area (Å²) in [6.45, 7) is 3.97. The number of fused-ring (bicyclic) bond motifs is 1. The van der Waals surface area contributed by atoms with Crippen molar-refractivity contribution in [2.24, 2.45) is 0 Å². The minimum absolute atomic E-state index is 0.103. The smallest absolute Gasteiger partial charge is 0.274 e. The van der Waals surface area contributed by atoms with Crippen LogP contribution < -0.4 is 10.9 Å². The number of halogens is 1. The lowest BCUT2D eigenvalue weighted by molar-refractivity contribution is 0.102. The van der Waals surface area contributed by atoms with Gasteiger partial charge < -0.3 is 5.32 Å². The van der Waals surface area contributed by atoms with E-state index in [1.165, 1.54) is 22.3 Å². The van der Waals surface area contributed by atoms with Gasteiger partial charge in [0.1, 0.15) is 6.33 Å². The Balaban J connectivity index is 1.52. The highest BCUT2D eigenvalue weighted by Gasteiger charge is 2.12. The molecule has 0 aliphatic rings. The maximum absolute atomic E-state index is 12.6. The average Bonchev–Trinajstić information content (AvgIpc) is 3.18. The predicted molar refractivity (Wildman–Crippen MR) is 126 cm³/mol. The summed E-state index contributed by atoms with van der Waals surface area (Å²) in [7, 11) is 0. The van der Waals surface area contributed by atoms with E-state index in [-0.39, 0.29) is 17.5 Å². The summed E-state index contributed by atoms with van der Waals surface area (Å²) >= 11 is 4.88. The molecule has 158 valence electrons. The number of amides is 1. The molecule has 0 unspecified atom stereocenters. The summed E-state index contributed by atoms with van der Waals surface area (Å²) in [5.74, 6) is 0.678. The average molecular weight is 498 g/mol. The van der Waals surface area contributed by atoms with E-state index < -0.39 is 0 Å². The van der Waals surface area contributed by atoms with E-state index in [1.807, 2.05) is 50.2 Å². The van der Waals surface area contributed by atoms with Gasteiger partial charge in [-0.2, -0.15) is 9.50 Å². The van der Waals surface area contributed by atoms with Gasteiger partial charge in [0.2, 0.25) is 0 Å². The molecule has 0 fully saturated rings. The van der Waals surface area contributed by atoms with E-state index in [9.17, 15) is 9.59 Å². The Hall–Kier alpha value is -2.91. The molecule has 0 saturated heterocycles. The predicted octanol–water partition coefficient (Wildman–Crippen LogP) is 4.78. The molecule has 0 aliphatic carbocycles. The lowest BCUT2D eigenvalue weighted by atomic mass is 10.2. The fourth-order valence-electron chi connectivity index (χ4n) is 3.05. The molecule has 7 nitrogen and oxygen atoms in total. The van der Waals surface area contributed by atoms with Crippen molar-refractivity contribution in [2.45, 2.75) is 30.5 Å². The van der Waals surface area contributed by atoms with E-state index in [0.29, 0.717) is 28.5 Å². The number of para-hydroxylation sites is 1. The SMILES string of the molecule is CC(C)n1cnc2nc(CSc3ccccc3NC(=O)c3ccc(Br)cc3)cc(=O)n21. The van der Waals surface area contributed by atoms with Crippen molar-refractivity contribution in [3.63, 3.8) is 0 Å². The van der Waals surface area contributed by atoms with Gasteiger partial charge in [0.25, 0.3) is 17.2 Å². The van der Waals surface area contributed by atoms with Crippen molar-refractivity contribution < 1.29 is 4.79 Å². The molecule has 2 aromatic heterocycles. The quantitative estimate of drug-likeness (QED) is 0.387. The zero-order valence-electron chi connectivity index (χ0n) is 16.9. The molecule has 4 aromatic rings. The lowest BCUT2D eigenvalue weighted by Gasteiger charge is -2.11. The van der Waals surface area contributed by atoms with Gasteiger partial charge in [-0.25, -0.2) is 4.98 Å². The molecule has 9 heteroatoms. The van der Waals surface area contributed by atoms with Crippen LogP contribution in [0, 0.1) is 0 Å². The first-order chi connectivity index (χ1) is 14.9. The fraction of sp³-hybridized carbons (Fsp3) is 0.182. The van der Waals surface area contributed by atoms with Crippen LogP contribution in [0.25, 0.3) is 5.78 Å². The number of anilines is 1. The van der Waals surface area contributed by atoms with Crippen molar-refractivity contribution in [2.75, 3.05) is 5.32 Å². The second-order valence-electron chi connectivity index (χ2n) is 7.16. The zero-order valence-corrected chi connectivity index (χ0v) is 19.4. The van der Waals surface area contributed by atoms with Crippen LogP contribution in [-0.2, 0) is 5.75 Å². The summed E-state index contributed by atoms with van der Waals surface area (Å²) in [5.41, 5.74) is 1.76. The van der Waals surface area contributed by atoms with Crippen LogP contribution in [0.2, 0.25) is 0 Å². The number of aromatic nitrogens is 4. The standard InChI is InChI=1S/C22H20BrN5O2S/c1-14(2)27-13-24-22-25-17(11-20(29)28(22)27)12-31-19-6-4-3-5-18(19)26-21(30)15-7-9-16(23)10-8-15/h3-11,13-14H,12H2,1-2H3,(H,26,30). The lowest BCUT2D eigenvalue weighted by Crippen LogP contribution is -2.22. The molecule has 1 N–H and O–H groups in total. The molecule has 0 aliphatic heterocycles. The molecule has 2 aromatic carbocycles. The van der Waals surface area contributed by atoms with Crippen LogP contribution >= 0.6 is 27.7 Å². The summed E-state index contributed by atoms with van der Waals surface area (Å²) < 4.78 is 4.15. The summed E-state index contributed by atoms with van der Waals surface area (Å²) in [5, 5.41) is 2.96. The van der Waals surface area contributed by atoms with Crippen molar-refractivity contribution in [1.29, 1.82) is 0 Å². The van der Waals surface area contributed by atoms with Crippen LogP contribution in [-0.4, -0.2) is 25.1 Å². The second-order valence-corrected chi connectivity index (χ2v) is 9.09. The normalized spacial score (nSPS) is 11.2. The van der Waals surface area contributed by atoms with Crippen molar-refractivity contribution >= 4 is 45.1 Å². The molecule has 0 atom stereocenters. The van der Waals surface area contributed by atoms with Gasteiger partial charge in [0.05, 0.1) is 11.4 Å². The Kier molecular flexibility index (Phi) is 6.24. The summed E-state index contributed by atoms with van der Waals surface area (Å²) in [4.78, 5) is 34.8. The Morgan fingerprint density at radius 3 is 2.65 bits per heavy atom. The molecule has 0 saturated carbocycles. The van der Waals surface area contributed by atoms with Crippen molar-refractivity contribution in [1.82, 2.24) is 19.2 Å². The second kappa shape index (κ2) is 9.07. The molecule has 0 radical (unpaired) electrons. The number of carbonyl (C=O) groups excluding carboxylic acids is 1. The minimum atomic E-state index is -0.183. The van der Waals surface area contributed by atoms with Crippen LogP contribution in [0.5, 0.6) is 0 Å². The van der Waals surface area contributed by atoms with Gasteiger partial charge >= 0.3 is 0 Å². The first kappa shape index (κ1) is 21.3. The zero-order chi connectivity index (χ0) is 22.0. The third-order valence-electron chi connectivity index (χ3n) is 4.60. The molecule has 0 spiro atoms. The Bertz CT molecular complexity index is 1300. The van der Waals surface area contributed by atoms with Gasteiger partial charge in [-0.3, -0.25) is 14.3 Å². The van der Waals surface area contributed by atoms with E-state index in [0.717, 1.165) is 9.37 Å². The van der Waals surface area contributed by atoms with E-state index >= 15 is 0 Å². The van der Waals surface area contributed by atoms with Crippen LogP contribution in [0.3, 0.4) is 0 Å². The topological polar surface area (TPSA) is 81.3 Å². The maximum atomic E-state index is 12.6. The Labute approximate surface area is 191 Å². The number of thioether (sulfide) groups is 1. The molecule has 0 bridgehead atoms. The van der Waals surface area contributed by atoms with E-state index in [4.69, 9.17) is 0 Å². The van der Waals surface area contributed by atoms with E-state index in [1.54, 1.807) is 23.1 Å².